The van der Waals surface area contributed by atoms with Crippen LogP contribution >= 0.6 is 11.6 Å². The first-order valence-electron chi connectivity index (χ1n) is 5.60. The number of hydrogen-bond acceptors (Lipinski definition) is 1. The van der Waals surface area contributed by atoms with Crippen LogP contribution in [0.5, 0.6) is 0 Å². The molecule has 2 rings (SSSR count). The Balaban J connectivity index is 2.71. The number of carboxylic acids is 1. The number of aliphatic carboxylic acids is 1. The molecule has 4 heteroatoms. The highest BCUT2D eigenvalue weighted by atomic mass is 35.5. The van der Waals surface area contributed by atoms with E-state index in [-0.39, 0.29) is 5.57 Å². The summed E-state index contributed by atoms with van der Waals surface area (Å²) in [6.07, 6.45) is 1.60. The third kappa shape index (κ3) is 2.14. The average Bonchev–Trinajstić information content (AvgIpc) is 2.56. The van der Waals surface area contributed by atoms with Gasteiger partial charge in [0, 0.05) is 22.0 Å². The van der Waals surface area contributed by atoms with Crippen LogP contribution in [-0.2, 0) is 4.79 Å². The summed E-state index contributed by atoms with van der Waals surface area (Å²) >= 11 is 6.13. The molecule has 0 saturated carbocycles. The molecule has 1 aromatic heterocycles. The lowest BCUT2D eigenvalue weighted by molar-refractivity contribution is -0.132. The standard InChI is InChI=1S/C14H14ClNO2/c1-7-4-10-11(5-9(3)14(17)18)13(15)16-12(10)6-8(7)2/h4-6,16H,1-3H3,(H,17,18)/b9-5+. The van der Waals surface area contributed by atoms with E-state index in [9.17, 15) is 4.79 Å². The Bertz CT molecular complexity index is 668. The fourth-order valence-electron chi connectivity index (χ4n) is 1.87. The molecule has 0 spiro atoms. The van der Waals surface area contributed by atoms with Gasteiger partial charge in [0.1, 0.15) is 5.15 Å². The number of halogens is 1. The quantitative estimate of drug-likeness (QED) is 0.807. The Morgan fingerprint density at radius 1 is 1.33 bits per heavy atom. The lowest BCUT2D eigenvalue weighted by atomic mass is 10.0. The number of nitrogens with one attached hydrogen (secondary N) is 1. The summed E-state index contributed by atoms with van der Waals surface area (Å²) in [7, 11) is 0. The summed E-state index contributed by atoms with van der Waals surface area (Å²) in [5, 5.41) is 10.3. The molecule has 1 heterocycles. The first-order chi connectivity index (χ1) is 8.40. The number of aromatic amines is 1. The molecule has 0 aliphatic carbocycles. The van der Waals surface area contributed by atoms with Crippen molar-refractivity contribution in [1.29, 1.82) is 0 Å². The number of aryl methyl sites for hydroxylation is 2. The summed E-state index contributed by atoms with van der Waals surface area (Å²) < 4.78 is 0. The number of aromatic nitrogens is 1. The number of hydrogen-bond donors (Lipinski definition) is 2. The minimum absolute atomic E-state index is 0.260. The van der Waals surface area contributed by atoms with Crippen LogP contribution in [0, 0.1) is 13.8 Å². The van der Waals surface area contributed by atoms with Crippen LogP contribution in [0.2, 0.25) is 5.15 Å². The molecule has 0 unspecified atom stereocenters. The Labute approximate surface area is 110 Å². The molecule has 18 heavy (non-hydrogen) atoms. The lowest BCUT2D eigenvalue weighted by Gasteiger charge is -2.00. The molecule has 0 amide bonds. The molecule has 94 valence electrons. The van der Waals surface area contributed by atoms with Gasteiger partial charge in [-0.25, -0.2) is 4.79 Å². The Morgan fingerprint density at radius 2 is 1.94 bits per heavy atom. The largest absolute Gasteiger partial charge is 0.478 e. The fourth-order valence-corrected chi connectivity index (χ4v) is 2.12. The molecule has 2 N–H and O–H groups in total. The van der Waals surface area contributed by atoms with Gasteiger partial charge in [-0.3, -0.25) is 0 Å². The Hall–Kier alpha value is -1.74. The van der Waals surface area contributed by atoms with Gasteiger partial charge in [-0.05, 0) is 50.1 Å². The molecule has 3 nitrogen and oxygen atoms in total. The molecular weight excluding hydrogens is 250 g/mol. The van der Waals surface area contributed by atoms with Gasteiger partial charge in [-0.1, -0.05) is 11.6 Å². The molecule has 0 radical (unpaired) electrons. The third-order valence-electron chi connectivity index (χ3n) is 3.10. The lowest BCUT2D eigenvalue weighted by Crippen LogP contribution is -1.95. The zero-order valence-corrected chi connectivity index (χ0v) is 11.2. The van der Waals surface area contributed by atoms with Crippen LogP contribution in [0.15, 0.2) is 17.7 Å². The summed E-state index contributed by atoms with van der Waals surface area (Å²) in [5.41, 5.74) is 4.24. The first-order valence-corrected chi connectivity index (χ1v) is 5.98. The fraction of sp³-hybridized carbons (Fsp3) is 0.214. The molecule has 0 saturated heterocycles. The van der Waals surface area contributed by atoms with Gasteiger partial charge in [0.15, 0.2) is 0 Å². The van der Waals surface area contributed by atoms with Crippen LogP contribution in [0.3, 0.4) is 0 Å². The van der Waals surface area contributed by atoms with E-state index in [1.807, 2.05) is 26.0 Å². The van der Waals surface area contributed by atoms with E-state index < -0.39 is 5.97 Å². The maximum atomic E-state index is 10.9. The van der Waals surface area contributed by atoms with E-state index in [1.165, 1.54) is 5.56 Å². The third-order valence-corrected chi connectivity index (χ3v) is 3.40. The van der Waals surface area contributed by atoms with Crippen molar-refractivity contribution in [3.05, 3.63) is 39.5 Å². The summed E-state index contributed by atoms with van der Waals surface area (Å²) in [4.78, 5) is 13.9. The number of carboxylic acid groups (broad SMARTS) is 1. The monoisotopic (exact) mass is 263 g/mol. The molecule has 0 atom stereocenters. The highest BCUT2D eigenvalue weighted by Gasteiger charge is 2.11. The number of rotatable bonds is 2. The molecule has 0 aliphatic rings. The predicted molar refractivity (Wildman–Crippen MR) is 74.1 cm³/mol. The average molecular weight is 264 g/mol. The Morgan fingerprint density at radius 3 is 2.56 bits per heavy atom. The molecule has 0 fully saturated rings. The van der Waals surface area contributed by atoms with Crippen LogP contribution < -0.4 is 0 Å². The van der Waals surface area contributed by atoms with Crippen LogP contribution in [0.25, 0.3) is 17.0 Å². The second-order valence-corrected chi connectivity index (χ2v) is 4.85. The number of fused-ring (bicyclic) bond motifs is 1. The van der Waals surface area contributed by atoms with E-state index in [1.54, 1.807) is 13.0 Å². The van der Waals surface area contributed by atoms with Crippen LogP contribution in [0.1, 0.15) is 23.6 Å². The number of H-pyrrole nitrogens is 1. The number of carbonyl (C=O) groups is 1. The van der Waals surface area contributed by atoms with Crippen LogP contribution in [0.4, 0.5) is 0 Å². The minimum atomic E-state index is -0.941. The highest BCUT2D eigenvalue weighted by Crippen LogP contribution is 2.30. The van der Waals surface area contributed by atoms with Crippen LogP contribution in [-0.4, -0.2) is 16.1 Å². The summed E-state index contributed by atoms with van der Waals surface area (Å²) in [6, 6.07) is 4.04. The SMILES string of the molecule is C/C(=C\c1c(Cl)[nH]c2cc(C)c(C)cc12)C(=O)O. The normalized spacial score (nSPS) is 12.1. The van der Waals surface area contributed by atoms with Gasteiger partial charge in [0.05, 0.1) is 0 Å². The number of benzene rings is 1. The molecule has 1 aromatic carbocycles. The van der Waals surface area contributed by atoms with E-state index in [4.69, 9.17) is 16.7 Å². The van der Waals surface area contributed by atoms with E-state index in [0.29, 0.717) is 5.15 Å². The van der Waals surface area contributed by atoms with Crippen molar-refractivity contribution in [1.82, 2.24) is 4.98 Å². The maximum Gasteiger partial charge on any atom is 0.331 e. The second kappa shape index (κ2) is 4.50. The van der Waals surface area contributed by atoms with Crippen molar-refractivity contribution in [3.63, 3.8) is 0 Å². The molecule has 2 aromatic rings. The topological polar surface area (TPSA) is 53.1 Å². The van der Waals surface area contributed by atoms with E-state index in [2.05, 4.69) is 4.98 Å². The zero-order valence-electron chi connectivity index (χ0n) is 10.5. The zero-order chi connectivity index (χ0) is 13.4. The first kappa shape index (κ1) is 12.7. The molecule has 0 aliphatic heterocycles. The van der Waals surface area contributed by atoms with E-state index >= 15 is 0 Å². The second-order valence-electron chi connectivity index (χ2n) is 4.47. The van der Waals surface area contributed by atoms with Gasteiger partial charge < -0.3 is 10.1 Å². The van der Waals surface area contributed by atoms with Gasteiger partial charge in [0.2, 0.25) is 0 Å². The van der Waals surface area contributed by atoms with Crippen molar-refractivity contribution in [2.24, 2.45) is 0 Å². The van der Waals surface area contributed by atoms with Gasteiger partial charge in [0.25, 0.3) is 0 Å². The summed E-state index contributed by atoms with van der Waals surface area (Å²) in [5.74, 6) is -0.941. The predicted octanol–water partition coefficient (Wildman–Crippen LogP) is 3.93. The summed E-state index contributed by atoms with van der Waals surface area (Å²) in [6.45, 7) is 5.60. The van der Waals surface area contributed by atoms with Crippen molar-refractivity contribution in [2.75, 3.05) is 0 Å². The molecule has 0 bridgehead atoms. The van der Waals surface area contributed by atoms with Crippen molar-refractivity contribution in [2.45, 2.75) is 20.8 Å². The van der Waals surface area contributed by atoms with Crippen molar-refractivity contribution >= 4 is 34.5 Å². The highest BCUT2D eigenvalue weighted by molar-refractivity contribution is 6.33. The van der Waals surface area contributed by atoms with Crippen molar-refractivity contribution in [3.8, 4) is 0 Å². The molecular formula is C14H14ClNO2. The van der Waals surface area contributed by atoms with Crippen molar-refractivity contribution < 1.29 is 9.90 Å². The van der Waals surface area contributed by atoms with Gasteiger partial charge in [-0.2, -0.15) is 0 Å². The van der Waals surface area contributed by atoms with Gasteiger partial charge >= 0.3 is 5.97 Å². The minimum Gasteiger partial charge on any atom is -0.478 e. The van der Waals surface area contributed by atoms with Gasteiger partial charge in [-0.15, -0.1) is 0 Å². The maximum absolute atomic E-state index is 10.9. The van der Waals surface area contributed by atoms with E-state index in [0.717, 1.165) is 22.0 Å². The smallest absolute Gasteiger partial charge is 0.331 e. The Kier molecular flexibility index (Phi) is 3.18.